The summed E-state index contributed by atoms with van der Waals surface area (Å²) in [5.41, 5.74) is 6.63. The number of rotatable bonds is 5. The largest absolute Gasteiger partial charge is 0.369 e. The van der Waals surface area contributed by atoms with E-state index in [2.05, 4.69) is 33.1 Å². The molecule has 3 fully saturated rings. The summed E-state index contributed by atoms with van der Waals surface area (Å²) in [6.45, 7) is 7.54. The quantitative estimate of drug-likeness (QED) is 0.341. The Hall–Kier alpha value is -1.58. The fourth-order valence-electron chi connectivity index (χ4n) is 5.38. The number of nitrogens with zero attached hydrogens (tertiary/aromatic N) is 4. The van der Waals surface area contributed by atoms with Crippen LogP contribution >= 0.6 is 24.0 Å². The maximum absolute atomic E-state index is 11.5. The lowest BCUT2D eigenvalue weighted by Crippen LogP contribution is -2.40. The summed E-state index contributed by atoms with van der Waals surface area (Å²) >= 11 is 0. The number of amides is 1. The Morgan fingerprint density at radius 3 is 2.48 bits per heavy atom. The average molecular weight is 540 g/mol. The van der Waals surface area contributed by atoms with Gasteiger partial charge < -0.3 is 20.9 Å². The minimum absolute atomic E-state index is 0. The molecule has 0 bridgehead atoms. The van der Waals surface area contributed by atoms with Crippen molar-refractivity contribution in [3.8, 4) is 0 Å². The van der Waals surface area contributed by atoms with Gasteiger partial charge in [-0.3, -0.25) is 4.79 Å². The number of aromatic nitrogens is 1. The van der Waals surface area contributed by atoms with Crippen LogP contribution in [0.3, 0.4) is 0 Å². The zero-order valence-electron chi connectivity index (χ0n) is 18.6. The standard InChI is InChI=1S/C23H36N6O.HI/c1-2-25-23(29-15-19-6-3-4-7-20(19)16-29)27-14-18-8-5-11-26-22(18)28-12-9-17(10-13-28)21(24)30;/h5,8,11,17,19-20H,2-4,6-7,9-10,12-16H2,1H3,(H2,24,30)(H,25,27);1H. The molecule has 1 saturated carbocycles. The number of carbonyl (C=O) groups excluding carboxylic acids is 1. The third-order valence-corrected chi connectivity index (χ3v) is 7.07. The second kappa shape index (κ2) is 11.3. The van der Waals surface area contributed by atoms with E-state index in [-0.39, 0.29) is 35.8 Å². The lowest BCUT2D eigenvalue weighted by atomic mass is 9.82. The number of primary amides is 1. The highest BCUT2D eigenvalue weighted by Gasteiger charge is 2.35. The van der Waals surface area contributed by atoms with Crippen molar-refractivity contribution in [2.45, 2.75) is 52.0 Å². The summed E-state index contributed by atoms with van der Waals surface area (Å²) in [7, 11) is 0. The molecule has 2 aliphatic heterocycles. The number of pyridine rings is 1. The topological polar surface area (TPSA) is 86.9 Å². The number of aliphatic imine (C=N–C) groups is 1. The van der Waals surface area contributed by atoms with E-state index in [1.54, 1.807) is 0 Å². The van der Waals surface area contributed by atoms with Crippen molar-refractivity contribution in [1.29, 1.82) is 0 Å². The van der Waals surface area contributed by atoms with Gasteiger partial charge in [0.05, 0.1) is 6.54 Å². The first-order valence-corrected chi connectivity index (χ1v) is 11.7. The van der Waals surface area contributed by atoms with Gasteiger partial charge in [0.25, 0.3) is 0 Å². The monoisotopic (exact) mass is 540 g/mol. The van der Waals surface area contributed by atoms with Gasteiger partial charge in [-0.25, -0.2) is 9.98 Å². The molecule has 0 spiro atoms. The van der Waals surface area contributed by atoms with Crippen LogP contribution in [0.25, 0.3) is 0 Å². The number of carbonyl (C=O) groups is 1. The van der Waals surface area contributed by atoms with E-state index < -0.39 is 0 Å². The molecule has 3 heterocycles. The van der Waals surface area contributed by atoms with Gasteiger partial charge in [0.2, 0.25) is 5.91 Å². The number of halogens is 1. The Balaban J connectivity index is 0.00000272. The summed E-state index contributed by atoms with van der Waals surface area (Å²) in [6.07, 6.45) is 8.95. The SMILES string of the molecule is CCNC(=NCc1cccnc1N1CCC(C(N)=O)CC1)N1CC2CCCCC2C1.I. The molecular weight excluding hydrogens is 503 g/mol. The molecule has 2 unspecified atom stereocenters. The molecule has 1 amide bonds. The highest BCUT2D eigenvalue weighted by atomic mass is 127. The number of guanidine groups is 1. The number of hydrogen-bond donors (Lipinski definition) is 2. The lowest BCUT2D eigenvalue weighted by molar-refractivity contribution is -0.122. The first-order valence-electron chi connectivity index (χ1n) is 11.7. The Kier molecular flexibility index (Phi) is 8.80. The van der Waals surface area contributed by atoms with Crippen LogP contribution < -0.4 is 16.0 Å². The van der Waals surface area contributed by atoms with Crippen molar-refractivity contribution >= 4 is 41.7 Å². The Morgan fingerprint density at radius 2 is 1.87 bits per heavy atom. The molecule has 3 N–H and O–H groups in total. The van der Waals surface area contributed by atoms with Gasteiger partial charge in [-0.05, 0) is 50.5 Å². The Bertz CT molecular complexity index is 750. The van der Waals surface area contributed by atoms with E-state index in [1.165, 1.54) is 25.7 Å². The number of hydrogen-bond acceptors (Lipinski definition) is 4. The van der Waals surface area contributed by atoms with Crippen LogP contribution in [0, 0.1) is 17.8 Å². The molecule has 0 radical (unpaired) electrons. The van der Waals surface area contributed by atoms with Crippen molar-refractivity contribution in [2.75, 3.05) is 37.6 Å². The highest BCUT2D eigenvalue weighted by molar-refractivity contribution is 14.0. The first-order chi connectivity index (χ1) is 14.7. The van der Waals surface area contributed by atoms with Gasteiger partial charge in [-0.1, -0.05) is 18.9 Å². The number of nitrogens with one attached hydrogen (secondary N) is 1. The third kappa shape index (κ3) is 5.81. The van der Waals surface area contributed by atoms with Crippen molar-refractivity contribution < 1.29 is 4.79 Å². The molecule has 31 heavy (non-hydrogen) atoms. The normalized spacial score (nSPS) is 24.5. The Labute approximate surface area is 203 Å². The van der Waals surface area contributed by atoms with Crippen molar-refractivity contribution in [1.82, 2.24) is 15.2 Å². The van der Waals surface area contributed by atoms with E-state index in [1.807, 2.05) is 12.3 Å². The average Bonchev–Trinajstić information content (AvgIpc) is 3.21. The molecule has 172 valence electrons. The summed E-state index contributed by atoms with van der Waals surface area (Å²) in [6, 6.07) is 4.11. The number of nitrogens with two attached hydrogens (primary N) is 1. The molecule has 8 heteroatoms. The summed E-state index contributed by atoms with van der Waals surface area (Å²) in [5, 5.41) is 3.51. The van der Waals surface area contributed by atoms with Gasteiger partial charge in [0, 0.05) is 50.4 Å². The fraction of sp³-hybridized carbons (Fsp3) is 0.696. The second-order valence-corrected chi connectivity index (χ2v) is 9.03. The lowest BCUT2D eigenvalue weighted by Gasteiger charge is -2.32. The summed E-state index contributed by atoms with van der Waals surface area (Å²) in [5.74, 6) is 3.52. The molecular formula is C23H37IN6O. The highest BCUT2D eigenvalue weighted by Crippen LogP contribution is 2.36. The summed E-state index contributed by atoms with van der Waals surface area (Å²) in [4.78, 5) is 25.9. The zero-order valence-corrected chi connectivity index (χ0v) is 21.0. The van der Waals surface area contributed by atoms with Gasteiger partial charge in [0.15, 0.2) is 5.96 Å². The first kappa shape index (κ1) is 24.1. The Morgan fingerprint density at radius 1 is 1.19 bits per heavy atom. The maximum atomic E-state index is 11.5. The molecule has 3 aliphatic rings. The van der Waals surface area contributed by atoms with E-state index in [0.717, 1.165) is 74.7 Å². The van der Waals surface area contributed by atoms with E-state index >= 15 is 0 Å². The van der Waals surface area contributed by atoms with Crippen molar-refractivity contribution in [2.24, 2.45) is 28.5 Å². The van der Waals surface area contributed by atoms with E-state index in [9.17, 15) is 4.79 Å². The third-order valence-electron chi connectivity index (χ3n) is 7.07. The molecule has 0 aromatic carbocycles. The predicted octanol–water partition coefficient (Wildman–Crippen LogP) is 2.99. The van der Waals surface area contributed by atoms with Gasteiger partial charge >= 0.3 is 0 Å². The number of fused-ring (bicyclic) bond motifs is 1. The minimum atomic E-state index is -0.179. The van der Waals surface area contributed by atoms with Crippen molar-refractivity contribution in [3.05, 3.63) is 23.9 Å². The number of piperidine rings is 1. The minimum Gasteiger partial charge on any atom is -0.369 e. The van der Waals surface area contributed by atoms with Crippen LogP contribution in [0.1, 0.15) is 51.0 Å². The molecule has 1 aromatic heterocycles. The number of anilines is 1. The van der Waals surface area contributed by atoms with Crippen molar-refractivity contribution in [3.63, 3.8) is 0 Å². The van der Waals surface area contributed by atoms with Crippen LogP contribution in [0.2, 0.25) is 0 Å². The maximum Gasteiger partial charge on any atom is 0.220 e. The van der Waals surface area contributed by atoms with E-state index in [4.69, 9.17) is 10.7 Å². The molecule has 1 aromatic rings. The fourth-order valence-corrected chi connectivity index (χ4v) is 5.38. The molecule has 2 saturated heterocycles. The number of likely N-dealkylation sites (tertiary alicyclic amines) is 1. The predicted molar refractivity (Wildman–Crippen MR) is 136 cm³/mol. The molecule has 1 aliphatic carbocycles. The van der Waals surface area contributed by atoms with Gasteiger partial charge in [0.1, 0.15) is 5.82 Å². The van der Waals surface area contributed by atoms with Gasteiger partial charge in [-0.15, -0.1) is 24.0 Å². The van der Waals surface area contributed by atoms with Crippen LogP contribution in [-0.4, -0.2) is 54.5 Å². The van der Waals surface area contributed by atoms with Crippen LogP contribution in [0.15, 0.2) is 23.3 Å². The molecule has 4 rings (SSSR count). The molecule has 7 nitrogen and oxygen atoms in total. The summed E-state index contributed by atoms with van der Waals surface area (Å²) < 4.78 is 0. The van der Waals surface area contributed by atoms with Crippen LogP contribution in [-0.2, 0) is 11.3 Å². The van der Waals surface area contributed by atoms with Gasteiger partial charge in [-0.2, -0.15) is 0 Å². The van der Waals surface area contributed by atoms with Crippen LogP contribution in [0.4, 0.5) is 5.82 Å². The smallest absolute Gasteiger partial charge is 0.220 e. The zero-order chi connectivity index (χ0) is 20.9. The molecule has 2 atom stereocenters. The van der Waals surface area contributed by atoms with E-state index in [0.29, 0.717) is 6.54 Å². The second-order valence-electron chi connectivity index (χ2n) is 9.03. The van der Waals surface area contributed by atoms with Crippen LogP contribution in [0.5, 0.6) is 0 Å².